The largest absolute Gasteiger partial charge is 0.294 e. The second-order valence-electron chi connectivity index (χ2n) is 3.18. The van der Waals surface area contributed by atoms with Gasteiger partial charge in [-0.3, -0.25) is 4.79 Å². The van der Waals surface area contributed by atoms with Crippen LogP contribution in [0.25, 0.3) is 0 Å². The van der Waals surface area contributed by atoms with Gasteiger partial charge < -0.3 is 0 Å². The van der Waals surface area contributed by atoms with Gasteiger partial charge in [0, 0.05) is 18.0 Å². The summed E-state index contributed by atoms with van der Waals surface area (Å²) < 4.78 is 0. The molecule has 80 valence electrons. The Bertz CT molecular complexity index is 499. The van der Waals surface area contributed by atoms with E-state index < -0.39 is 0 Å². The number of Topliss-reactive ketones (excluding diaryl/α,β-unsaturated/α-hetero) is 1. The summed E-state index contributed by atoms with van der Waals surface area (Å²) in [6, 6.07) is 9.20. The molecular weight excluding hydrogens is 220 g/mol. The fraction of sp³-hybridized carbons (Fsp3) is 0.0833. The maximum absolute atomic E-state index is 11.4. The summed E-state index contributed by atoms with van der Waals surface area (Å²) >= 11 is 1.40. The van der Waals surface area contributed by atoms with E-state index in [0.717, 1.165) is 5.03 Å². The molecule has 4 heteroatoms. The zero-order valence-corrected chi connectivity index (χ0v) is 9.57. The molecule has 0 fully saturated rings. The summed E-state index contributed by atoms with van der Waals surface area (Å²) in [5.41, 5.74) is 0.637. The van der Waals surface area contributed by atoms with Gasteiger partial charge in [0.25, 0.3) is 0 Å². The van der Waals surface area contributed by atoms with E-state index >= 15 is 0 Å². The van der Waals surface area contributed by atoms with Crippen molar-refractivity contribution in [1.29, 1.82) is 0 Å². The molecule has 0 radical (unpaired) electrons. The lowest BCUT2D eigenvalue weighted by atomic mass is 10.2. The molecule has 0 aliphatic rings. The van der Waals surface area contributed by atoms with Gasteiger partial charge in [0.05, 0.1) is 0 Å². The van der Waals surface area contributed by atoms with E-state index in [2.05, 4.69) is 9.97 Å². The van der Waals surface area contributed by atoms with E-state index in [9.17, 15) is 4.79 Å². The second kappa shape index (κ2) is 4.90. The molecule has 2 heterocycles. The third kappa shape index (κ3) is 2.46. The number of ketones is 1. The molecule has 0 aliphatic heterocycles. The van der Waals surface area contributed by atoms with Gasteiger partial charge in [-0.15, -0.1) is 0 Å². The van der Waals surface area contributed by atoms with Crippen LogP contribution in [0.2, 0.25) is 0 Å². The van der Waals surface area contributed by atoms with Crippen LogP contribution < -0.4 is 0 Å². The molecule has 16 heavy (non-hydrogen) atoms. The maximum atomic E-state index is 11.4. The van der Waals surface area contributed by atoms with Crippen molar-refractivity contribution in [1.82, 2.24) is 9.97 Å². The van der Waals surface area contributed by atoms with Gasteiger partial charge in [0.15, 0.2) is 5.78 Å². The van der Waals surface area contributed by atoms with E-state index in [1.54, 1.807) is 31.5 Å². The lowest BCUT2D eigenvalue weighted by Gasteiger charge is -2.03. The quantitative estimate of drug-likeness (QED) is 0.760. The SMILES string of the molecule is CC(=O)c1cccnc1Sc1ccccn1. The molecular formula is C12H10N2OS. The number of hydrogen-bond acceptors (Lipinski definition) is 4. The van der Waals surface area contributed by atoms with Crippen molar-refractivity contribution in [2.75, 3.05) is 0 Å². The molecule has 0 aromatic carbocycles. The Morgan fingerprint density at radius 3 is 2.62 bits per heavy atom. The molecule has 0 N–H and O–H groups in total. The van der Waals surface area contributed by atoms with Crippen molar-refractivity contribution >= 4 is 17.5 Å². The first kappa shape index (κ1) is 10.8. The van der Waals surface area contributed by atoms with E-state index in [1.807, 2.05) is 18.2 Å². The Labute approximate surface area is 97.9 Å². The highest BCUT2D eigenvalue weighted by atomic mass is 32.2. The molecule has 2 rings (SSSR count). The number of carbonyl (C=O) groups excluding carboxylic acids is 1. The average molecular weight is 230 g/mol. The van der Waals surface area contributed by atoms with Crippen LogP contribution in [0.15, 0.2) is 52.8 Å². The summed E-state index contributed by atoms with van der Waals surface area (Å²) in [4.78, 5) is 19.8. The van der Waals surface area contributed by atoms with Crippen molar-refractivity contribution in [3.63, 3.8) is 0 Å². The summed E-state index contributed by atoms with van der Waals surface area (Å²) in [5, 5.41) is 1.54. The highest BCUT2D eigenvalue weighted by Crippen LogP contribution is 2.26. The molecule has 0 amide bonds. The molecule has 0 bridgehead atoms. The Morgan fingerprint density at radius 2 is 1.94 bits per heavy atom. The minimum absolute atomic E-state index is 0.0199. The Morgan fingerprint density at radius 1 is 1.12 bits per heavy atom. The maximum Gasteiger partial charge on any atom is 0.162 e. The van der Waals surface area contributed by atoms with Gasteiger partial charge in [-0.25, -0.2) is 9.97 Å². The third-order valence-electron chi connectivity index (χ3n) is 1.99. The third-order valence-corrected chi connectivity index (χ3v) is 2.96. The van der Waals surface area contributed by atoms with E-state index in [4.69, 9.17) is 0 Å². The van der Waals surface area contributed by atoms with Gasteiger partial charge in [0.2, 0.25) is 0 Å². The van der Waals surface area contributed by atoms with Crippen LogP contribution in [-0.2, 0) is 0 Å². The number of nitrogens with zero attached hydrogens (tertiary/aromatic N) is 2. The summed E-state index contributed by atoms with van der Waals surface area (Å²) in [5.74, 6) is 0.0199. The van der Waals surface area contributed by atoms with Crippen LogP contribution in [0.5, 0.6) is 0 Å². The van der Waals surface area contributed by atoms with Crippen LogP contribution in [0, 0.1) is 0 Å². The van der Waals surface area contributed by atoms with Crippen molar-refractivity contribution in [3.05, 3.63) is 48.3 Å². The zero-order valence-electron chi connectivity index (χ0n) is 8.75. The monoisotopic (exact) mass is 230 g/mol. The van der Waals surface area contributed by atoms with Crippen LogP contribution >= 0.6 is 11.8 Å². The first-order chi connectivity index (χ1) is 7.77. The number of pyridine rings is 2. The number of hydrogen-bond donors (Lipinski definition) is 0. The van der Waals surface area contributed by atoms with Crippen molar-refractivity contribution in [3.8, 4) is 0 Å². The minimum Gasteiger partial charge on any atom is -0.294 e. The molecule has 0 unspecified atom stereocenters. The molecule has 0 spiro atoms. The lowest BCUT2D eigenvalue weighted by Crippen LogP contribution is -1.96. The highest BCUT2D eigenvalue weighted by Gasteiger charge is 2.09. The molecule has 0 saturated carbocycles. The van der Waals surface area contributed by atoms with Crippen molar-refractivity contribution < 1.29 is 4.79 Å². The molecule has 2 aromatic heterocycles. The van der Waals surface area contributed by atoms with E-state index in [1.165, 1.54) is 11.8 Å². The van der Waals surface area contributed by atoms with Crippen LogP contribution in [-0.4, -0.2) is 15.8 Å². The van der Waals surface area contributed by atoms with Gasteiger partial charge >= 0.3 is 0 Å². The van der Waals surface area contributed by atoms with Gasteiger partial charge in [0.1, 0.15) is 10.1 Å². The smallest absolute Gasteiger partial charge is 0.162 e. The summed E-state index contributed by atoms with van der Waals surface area (Å²) in [6.07, 6.45) is 3.40. The van der Waals surface area contributed by atoms with Crippen molar-refractivity contribution in [2.45, 2.75) is 17.0 Å². The first-order valence-corrected chi connectivity index (χ1v) is 5.64. The standard InChI is InChI=1S/C12H10N2OS/c1-9(15)10-5-4-8-14-12(10)16-11-6-2-3-7-13-11/h2-8H,1H3. The fourth-order valence-corrected chi connectivity index (χ4v) is 2.14. The predicted octanol–water partition coefficient (Wildman–Crippen LogP) is 2.83. The van der Waals surface area contributed by atoms with Gasteiger partial charge in [-0.05, 0) is 43.0 Å². The van der Waals surface area contributed by atoms with E-state index in [0.29, 0.717) is 10.6 Å². The highest BCUT2D eigenvalue weighted by molar-refractivity contribution is 7.99. The fourth-order valence-electron chi connectivity index (χ4n) is 1.25. The molecule has 0 aliphatic carbocycles. The Balaban J connectivity index is 2.31. The predicted molar refractivity (Wildman–Crippen MR) is 62.6 cm³/mol. The van der Waals surface area contributed by atoms with Gasteiger partial charge in [-0.2, -0.15) is 0 Å². The Hall–Kier alpha value is -1.68. The van der Waals surface area contributed by atoms with E-state index in [-0.39, 0.29) is 5.78 Å². The first-order valence-electron chi connectivity index (χ1n) is 4.82. The molecule has 2 aromatic rings. The number of aromatic nitrogens is 2. The average Bonchev–Trinajstić information content (AvgIpc) is 2.31. The molecule has 0 saturated heterocycles. The number of carbonyl (C=O) groups is 1. The zero-order chi connectivity index (χ0) is 11.4. The summed E-state index contributed by atoms with van der Waals surface area (Å²) in [6.45, 7) is 1.54. The van der Waals surface area contributed by atoms with Crippen LogP contribution in [0.4, 0.5) is 0 Å². The second-order valence-corrected chi connectivity index (χ2v) is 4.19. The minimum atomic E-state index is 0.0199. The topological polar surface area (TPSA) is 42.9 Å². The lowest BCUT2D eigenvalue weighted by molar-refractivity contribution is 0.101. The van der Waals surface area contributed by atoms with Crippen molar-refractivity contribution in [2.24, 2.45) is 0 Å². The van der Waals surface area contributed by atoms with Crippen LogP contribution in [0.1, 0.15) is 17.3 Å². The number of rotatable bonds is 3. The molecule has 3 nitrogen and oxygen atoms in total. The van der Waals surface area contributed by atoms with Crippen LogP contribution in [0.3, 0.4) is 0 Å². The Kier molecular flexibility index (Phi) is 3.31. The van der Waals surface area contributed by atoms with Gasteiger partial charge in [-0.1, -0.05) is 6.07 Å². The molecule has 0 atom stereocenters. The summed E-state index contributed by atoms with van der Waals surface area (Å²) in [7, 11) is 0. The normalized spacial score (nSPS) is 10.1.